The first kappa shape index (κ1) is 21.8. The van der Waals surface area contributed by atoms with E-state index < -0.39 is 33.6 Å². The van der Waals surface area contributed by atoms with Crippen LogP contribution in [0.25, 0.3) is 0 Å². The lowest BCUT2D eigenvalue weighted by atomic mass is 9.77. The van der Waals surface area contributed by atoms with E-state index in [1.165, 1.54) is 6.07 Å². The van der Waals surface area contributed by atoms with Crippen molar-refractivity contribution in [2.45, 2.75) is 36.1 Å². The van der Waals surface area contributed by atoms with Gasteiger partial charge in [0.05, 0.1) is 17.2 Å². The minimum atomic E-state index is -3.85. The van der Waals surface area contributed by atoms with Crippen LogP contribution in [0.15, 0.2) is 41.3 Å². The van der Waals surface area contributed by atoms with Crippen LogP contribution in [0.5, 0.6) is 0 Å². The predicted molar refractivity (Wildman–Crippen MR) is 114 cm³/mol. The number of sulfone groups is 1. The molecule has 164 valence electrons. The number of carbonyl (C=O) groups excluding carboxylic acids is 1. The molecule has 31 heavy (non-hydrogen) atoms. The number of rotatable bonds is 5. The van der Waals surface area contributed by atoms with Crippen LogP contribution in [0.4, 0.5) is 10.1 Å². The normalized spacial score (nSPS) is 22.7. The maximum atomic E-state index is 14.4. The lowest BCUT2D eigenvalue weighted by Gasteiger charge is -2.40. The molecular formula is C22H21ClFNO5S. The first-order valence-corrected chi connectivity index (χ1v) is 12.2. The summed E-state index contributed by atoms with van der Waals surface area (Å²) >= 11 is 5.94. The predicted octanol–water partition coefficient (Wildman–Crippen LogP) is 3.92. The standard InChI is InChI=1S/C22H21ClFNO5S/c1-31(29,30)17-11-15(24)10-16-19(17)20(22(28)12-4-6-14(23)7-5-12)21-13(9-18(26)27)3-2-8-25(16)21/h4-7,10-11,13,20-21H,2-3,8-9H2,1H3,(H,26,27)/t13-,20?,21?/m1/s1. The third kappa shape index (κ3) is 3.94. The molecule has 2 aromatic rings. The molecule has 2 heterocycles. The molecule has 1 fully saturated rings. The molecule has 0 aliphatic carbocycles. The molecule has 0 radical (unpaired) electrons. The molecule has 0 bridgehead atoms. The van der Waals surface area contributed by atoms with E-state index in [1.807, 2.05) is 4.90 Å². The summed E-state index contributed by atoms with van der Waals surface area (Å²) in [5.74, 6) is -3.34. The number of carboxylic acid groups (broad SMARTS) is 1. The fourth-order valence-electron chi connectivity index (χ4n) is 4.97. The fraction of sp³-hybridized carbons (Fsp3) is 0.364. The number of hydrogen-bond donors (Lipinski definition) is 1. The van der Waals surface area contributed by atoms with Gasteiger partial charge in [0.2, 0.25) is 0 Å². The van der Waals surface area contributed by atoms with Gasteiger partial charge in [-0.25, -0.2) is 12.8 Å². The number of carboxylic acids is 1. The highest BCUT2D eigenvalue weighted by Crippen LogP contribution is 2.51. The van der Waals surface area contributed by atoms with Crippen LogP contribution in [0, 0.1) is 11.7 Å². The minimum Gasteiger partial charge on any atom is -0.481 e. The van der Waals surface area contributed by atoms with Gasteiger partial charge in [-0.2, -0.15) is 0 Å². The molecule has 2 aromatic carbocycles. The SMILES string of the molecule is CS(=O)(=O)c1cc(F)cc2c1C(C(=O)c1ccc(Cl)cc1)C1[C@@H](CC(=O)O)CCCN21. The molecule has 1 N–H and O–H groups in total. The Morgan fingerprint density at radius 1 is 1.23 bits per heavy atom. The summed E-state index contributed by atoms with van der Waals surface area (Å²) in [6.07, 6.45) is 2.08. The van der Waals surface area contributed by atoms with Crippen molar-refractivity contribution in [2.75, 3.05) is 17.7 Å². The lowest BCUT2D eigenvalue weighted by molar-refractivity contribution is -0.138. The highest BCUT2D eigenvalue weighted by Gasteiger charge is 2.50. The van der Waals surface area contributed by atoms with Crippen LogP contribution in [0.2, 0.25) is 5.02 Å². The summed E-state index contributed by atoms with van der Waals surface area (Å²) in [7, 11) is -3.85. The number of halogens is 2. The average Bonchev–Trinajstić information content (AvgIpc) is 3.01. The third-order valence-corrected chi connectivity index (χ3v) is 7.50. The monoisotopic (exact) mass is 465 g/mol. The second-order valence-electron chi connectivity index (χ2n) is 8.14. The van der Waals surface area contributed by atoms with Gasteiger partial charge in [0.1, 0.15) is 5.82 Å². The molecule has 2 unspecified atom stereocenters. The van der Waals surface area contributed by atoms with Gasteiger partial charge in [-0.05, 0) is 55.2 Å². The molecule has 0 saturated carbocycles. The number of ketones is 1. The molecule has 1 saturated heterocycles. The van der Waals surface area contributed by atoms with Crippen molar-refractivity contribution < 1.29 is 27.5 Å². The van der Waals surface area contributed by atoms with E-state index in [2.05, 4.69) is 0 Å². The molecule has 4 rings (SSSR count). The number of fused-ring (bicyclic) bond motifs is 3. The fourth-order valence-corrected chi connectivity index (χ4v) is 6.05. The Hall–Kier alpha value is -2.45. The Labute approximate surface area is 184 Å². The lowest BCUT2D eigenvalue weighted by Crippen LogP contribution is -2.47. The van der Waals surface area contributed by atoms with E-state index in [-0.39, 0.29) is 28.6 Å². The van der Waals surface area contributed by atoms with Crippen molar-refractivity contribution >= 4 is 38.9 Å². The van der Waals surface area contributed by atoms with Crippen molar-refractivity contribution in [2.24, 2.45) is 5.92 Å². The average molecular weight is 466 g/mol. The van der Waals surface area contributed by atoms with Gasteiger partial charge in [-0.15, -0.1) is 0 Å². The molecule has 2 aliphatic heterocycles. The van der Waals surface area contributed by atoms with E-state index in [4.69, 9.17) is 11.6 Å². The highest BCUT2D eigenvalue weighted by atomic mass is 35.5. The summed E-state index contributed by atoms with van der Waals surface area (Å²) in [6, 6.07) is 7.89. The van der Waals surface area contributed by atoms with Crippen molar-refractivity contribution in [1.29, 1.82) is 0 Å². The van der Waals surface area contributed by atoms with Crippen LogP contribution in [0.3, 0.4) is 0 Å². The van der Waals surface area contributed by atoms with Crippen LogP contribution in [0.1, 0.15) is 41.1 Å². The summed E-state index contributed by atoms with van der Waals surface area (Å²) in [4.78, 5) is 26.8. The Balaban J connectivity index is 1.94. The number of aliphatic carboxylic acids is 1. The van der Waals surface area contributed by atoms with E-state index in [0.717, 1.165) is 12.3 Å². The summed E-state index contributed by atoms with van der Waals surface area (Å²) in [5, 5.41) is 9.88. The van der Waals surface area contributed by atoms with E-state index >= 15 is 0 Å². The van der Waals surface area contributed by atoms with Crippen LogP contribution in [-0.4, -0.2) is 44.1 Å². The summed E-state index contributed by atoms with van der Waals surface area (Å²) in [6.45, 7) is 0.491. The number of anilines is 1. The van der Waals surface area contributed by atoms with Gasteiger partial charge in [0, 0.05) is 40.7 Å². The van der Waals surface area contributed by atoms with Crippen LogP contribution >= 0.6 is 11.6 Å². The molecule has 0 amide bonds. The van der Waals surface area contributed by atoms with Gasteiger partial charge < -0.3 is 10.0 Å². The number of piperidine rings is 1. The molecule has 6 nitrogen and oxygen atoms in total. The van der Waals surface area contributed by atoms with Gasteiger partial charge in [-0.3, -0.25) is 9.59 Å². The van der Waals surface area contributed by atoms with Crippen molar-refractivity contribution in [1.82, 2.24) is 0 Å². The highest BCUT2D eigenvalue weighted by molar-refractivity contribution is 7.90. The zero-order valence-electron chi connectivity index (χ0n) is 16.7. The van der Waals surface area contributed by atoms with E-state index in [1.54, 1.807) is 24.3 Å². The molecule has 2 aliphatic rings. The Kier molecular flexibility index (Phi) is 5.55. The number of Topliss-reactive ketones (excluding diaryl/α,β-unsaturated/α-hetero) is 1. The maximum absolute atomic E-state index is 14.4. The number of nitrogens with zero attached hydrogens (tertiary/aromatic N) is 1. The third-order valence-electron chi connectivity index (χ3n) is 6.11. The van der Waals surface area contributed by atoms with E-state index in [9.17, 15) is 27.5 Å². The molecule has 0 spiro atoms. The molecular weight excluding hydrogens is 445 g/mol. The molecule has 3 atom stereocenters. The van der Waals surface area contributed by atoms with Gasteiger partial charge in [0.25, 0.3) is 0 Å². The van der Waals surface area contributed by atoms with E-state index in [0.29, 0.717) is 35.7 Å². The van der Waals surface area contributed by atoms with Crippen molar-refractivity contribution in [3.8, 4) is 0 Å². The second-order valence-corrected chi connectivity index (χ2v) is 10.6. The zero-order valence-corrected chi connectivity index (χ0v) is 18.3. The van der Waals surface area contributed by atoms with Gasteiger partial charge in [0.15, 0.2) is 15.6 Å². The second kappa shape index (κ2) is 7.91. The first-order valence-electron chi connectivity index (χ1n) is 9.89. The zero-order chi connectivity index (χ0) is 22.5. The van der Waals surface area contributed by atoms with Gasteiger partial charge in [-0.1, -0.05) is 11.6 Å². The topological polar surface area (TPSA) is 91.8 Å². The molecule has 9 heteroatoms. The summed E-state index contributed by atoms with van der Waals surface area (Å²) in [5.41, 5.74) is 0.949. The van der Waals surface area contributed by atoms with Crippen LogP contribution in [-0.2, 0) is 14.6 Å². The smallest absolute Gasteiger partial charge is 0.303 e. The Morgan fingerprint density at radius 2 is 1.90 bits per heavy atom. The number of benzene rings is 2. The Morgan fingerprint density at radius 3 is 2.52 bits per heavy atom. The quantitative estimate of drug-likeness (QED) is 0.673. The number of hydrogen-bond acceptors (Lipinski definition) is 5. The minimum absolute atomic E-state index is 0.157. The first-order chi connectivity index (χ1) is 14.6. The van der Waals surface area contributed by atoms with Crippen molar-refractivity contribution in [3.05, 3.63) is 58.4 Å². The number of carbonyl (C=O) groups is 2. The molecule has 0 aromatic heterocycles. The van der Waals surface area contributed by atoms with Gasteiger partial charge >= 0.3 is 5.97 Å². The maximum Gasteiger partial charge on any atom is 0.303 e. The van der Waals surface area contributed by atoms with Crippen molar-refractivity contribution in [3.63, 3.8) is 0 Å². The largest absolute Gasteiger partial charge is 0.481 e. The Bertz CT molecular complexity index is 1170. The summed E-state index contributed by atoms with van der Waals surface area (Å²) < 4.78 is 39.5. The van der Waals surface area contributed by atoms with Crippen LogP contribution < -0.4 is 4.90 Å².